The molecule has 48 valence electrons. The summed E-state index contributed by atoms with van der Waals surface area (Å²) in [6, 6.07) is 0. The summed E-state index contributed by atoms with van der Waals surface area (Å²) in [5.74, 6) is -0.558. The fraction of sp³-hybridized carbons (Fsp3) is 0.429. The van der Waals surface area contributed by atoms with Crippen LogP contribution in [0, 0.1) is 0 Å². The van der Waals surface area contributed by atoms with Crippen molar-refractivity contribution in [1.82, 2.24) is 0 Å². The van der Waals surface area contributed by atoms with E-state index in [2.05, 4.69) is 0 Å². The molecular formula is C7H8O2. The molecule has 0 spiro atoms. The highest BCUT2D eigenvalue weighted by molar-refractivity contribution is 6.46. The predicted octanol–water partition coefficient (Wildman–Crippen LogP) is 0.865. The van der Waals surface area contributed by atoms with Crippen LogP contribution in [-0.4, -0.2) is 11.6 Å². The van der Waals surface area contributed by atoms with Crippen molar-refractivity contribution in [2.75, 3.05) is 0 Å². The van der Waals surface area contributed by atoms with Gasteiger partial charge < -0.3 is 0 Å². The Bertz CT molecular complexity index is 208. The second-order valence-corrected chi connectivity index (χ2v) is 2.33. The molecule has 0 fully saturated rings. The minimum absolute atomic E-state index is 0.259. The van der Waals surface area contributed by atoms with Gasteiger partial charge in [-0.3, -0.25) is 9.59 Å². The Kier molecular flexibility index (Phi) is 1.24. The van der Waals surface area contributed by atoms with Crippen LogP contribution in [0.25, 0.3) is 0 Å². The summed E-state index contributed by atoms with van der Waals surface area (Å²) in [7, 11) is 0. The maximum absolute atomic E-state index is 10.7. The van der Waals surface area contributed by atoms with Crippen molar-refractivity contribution in [2.45, 2.75) is 20.3 Å². The van der Waals surface area contributed by atoms with Gasteiger partial charge in [0.2, 0.25) is 11.6 Å². The van der Waals surface area contributed by atoms with Gasteiger partial charge in [-0.1, -0.05) is 5.57 Å². The van der Waals surface area contributed by atoms with E-state index >= 15 is 0 Å². The Morgan fingerprint density at radius 3 is 1.89 bits per heavy atom. The van der Waals surface area contributed by atoms with Crippen LogP contribution in [0.15, 0.2) is 11.1 Å². The van der Waals surface area contributed by atoms with Gasteiger partial charge in [-0.2, -0.15) is 0 Å². The molecule has 2 nitrogen and oxygen atoms in total. The molecule has 0 amide bonds. The van der Waals surface area contributed by atoms with Crippen molar-refractivity contribution < 1.29 is 9.59 Å². The Morgan fingerprint density at radius 1 is 1.22 bits per heavy atom. The molecule has 2 heteroatoms. The van der Waals surface area contributed by atoms with Gasteiger partial charge in [0.25, 0.3) is 0 Å². The van der Waals surface area contributed by atoms with E-state index < -0.39 is 0 Å². The highest BCUT2D eigenvalue weighted by Crippen LogP contribution is 2.17. The SMILES string of the molecule is CC1=C(C)C(=O)C(=O)C1. The number of carbonyl (C=O) groups is 2. The van der Waals surface area contributed by atoms with Crippen LogP contribution >= 0.6 is 0 Å². The summed E-state index contributed by atoms with van der Waals surface area (Å²) in [6.45, 7) is 3.51. The Balaban J connectivity index is 3.01. The predicted molar refractivity (Wildman–Crippen MR) is 33.0 cm³/mol. The highest BCUT2D eigenvalue weighted by Gasteiger charge is 2.24. The summed E-state index contributed by atoms with van der Waals surface area (Å²) in [4.78, 5) is 21.3. The minimum atomic E-state index is -0.299. The minimum Gasteiger partial charge on any atom is -0.290 e. The van der Waals surface area contributed by atoms with Gasteiger partial charge in [0.15, 0.2) is 0 Å². The lowest BCUT2D eigenvalue weighted by Crippen LogP contribution is -2.05. The van der Waals surface area contributed by atoms with Crippen LogP contribution in [0.4, 0.5) is 0 Å². The first kappa shape index (κ1) is 6.20. The second-order valence-electron chi connectivity index (χ2n) is 2.33. The van der Waals surface area contributed by atoms with Gasteiger partial charge in [0, 0.05) is 6.42 Å². The molecule has 0 saturated heterocycles. The molecule has 0 aliphatic heterocycles. The van der Waals surface area contributed by atoms with Crippen molar-refractivity contribution in [3.05, 3.63) is 11.1 Å². The molecular weight excluding hydrogens is 116 g/mol. The first-order valence-corrected chi connectivity index (χ1v) is 2.87. The zero-order valence-electron chi connectivity index (χ0n) is 5.52. The third-order valence-corrected chi connectivity index (χ3v) is 1.66. The van der Waals surface area contributed by atoms with Crippen LogP contribution in [0.1, 0.15) is 20.3 Å². The van der Waals surface area contributed by atoms with Crippen molar-refractivity contribution >= 4 is 11.6 Å². The van der Waals surface area contributed by atoms with E-state index in [0.717, 1.165) is 5.57 Å². The molecule has 0 aromatic heterocycles. The third-order valence-electron chi connectivity index (χ3n) is 1.66. The van der Waals surface area contributed by atoms with Gasteiger partial charge in [-0.05, 0) is 19.4 Å². The lowest BCUT2D eigenvalue weighted by atomic mass is 10.2. The fourth-order valence-electron chi connectivity index (χ4n) is 0.857. The first-order chi connectivity index (χ1) is 4.13. The molecule has 1 aliphatic rings. The van der Waals surface area contributed by atoms with Crippen LogP contribution in [0.5, 0.6) is 0 Å². The number of carbonyl (C=O) groups excluding carboxylic acids is 2. The third kappa shape index (κ3) is 0.803. The van der Waals surface area contributed by atoms with Crippen LogP contribution in [0.3, 0.4) is 0 Å². The maximum Gasteiger partial charge on any atom is 0.224 e. The largest absolute Gasteiger partial charge is 0.290 e. The number of hydrogen-bond acceptors (Lipinski definition) is 2. The van der Waals surface area contributed by atoms with Crippen LogP contribution in [0.2, 0.25) is 0 Å². The van der Waals surface area contributed by atoms with E-state index in [1.807, 2.05) is 6.92 Å². The Labute approximate surface area is 53.6 Å². The van der Waals surface area contributed by atoms with Crippen molar-refractivity contribution in [1.29, 1.82) is 0 Å². The lowest BCUT2D eigenvalue weighted by molar-refractivity contribution is -0.133. The normalized spacial score (nSPS) is 19.8. The topological polar surface area (TPSA) is 34.1 Å². The summed E-state index contributed by atoms with van der Waals surface area (Å²) in [5, 5.41) is 0. The van der Waals surface area contributed by atoms with Gasteiger partial charge in [0.1, 0.15) is 0 Å². The van der Waals surface area contributed by atoms with Gasteiger partial charge >= 0.3 is 0 Å². The molecule has 9 heavy (non-hydrogen) atoms. The van der Waals surface area contributed by atoms with Gasteiger partial charge in [-0.15, -0.1) is 0 Å². The van der Waals surface area contributed by atoms with E-state index in [1.165, 1.54) is 0 Å². The van der Waals surface area contributed by atoms with Gasteiger partial charge in [0.05, 0.1) is 0 Å². The number of allylic oxidation sites excluding steroid dienone is 2. The van der Waals surface area contributed by atoms with Crippen LogP contribution in [-0.2, 0) is 9.59 Å². The smallest absolute Gasteiger partial charge is 0.224 e. The Morgan fingerprint density at radius 2 is 1.78 bits per heavy atom. The molecule has 0 unspecified atom stereocenters. The van der Waals surface area contributed by atoms with Crippen molar-refractivity contribution in [3.8, 4) is 0 Å². The van der Waals surface area contributed by atoms with Crippen molar-refractivity contribution in [2.24, 2.45) is 0 Å². The zero-order valence-corrected chi connectivity index (χ0v) is 5.52. The van der Waals surface area contributed by atoms with E-state index in [9.17, 15) is 9.59 Å². The quantitative estimate of drug-likeness (QED) is 0.449. The number of Topliss-reactive ketones (excluding diaryl/α,β-unsaturated/α-hetero) is 2. The van der Waals surface area contributed by atoms with E-state index in [-0.39, 0.29) is 11.6 Å². The standard InChI is InChI=1S/C7H8O2/c1-4-3-6(8)7(9)5(4)2/h3H2,1-2H3. The number of ketones is 2. The van der Waals surface area contributed by atoms with E-state index in [1.54, 1.807) is 6.92 Å². The molecule has 0 radical (unpaired) electrons. The summed E-state index contributed by atoms with van der Waals surface area (Å²) in [6.07, 6.45) is 0.338. The summed E-state index contributed by atoms with van der Waals surface area (Å²) in [5.41, 5.74) is 1.56. The molecule has 1 aliphatic carbocycles. The summed E-state index contributed by atoms with van der Waals surface area (Å²) < 4.78 is 0. The number of hydrogen-bond donors (Lipinski definition) is 0. The number of rotatable bonds is 0. The zero-order chi connectivity index (χ0) is 7.02. The molecule has 0 atom stereocenters. The molecule has 0 aromatic rings. The molecule has 0 bridgehead atoms. The van der Waals surface area contributed by atoms with Crippen molar-refractivity contribution in [3.63, 3.8) is 0 Å². The van der Waals surface area contributed by atoms with E-state index in [0.29, 0.717) is 12.0 Å². The summed E-state index contributed by atoms with van der Waals surface area (Å²) >= 11 is 0. The molecule has 0 aromatic carbocycles. The molecule has 1 rings (SSSR count). The second kappa shape index (κ2) is 1.79. The Hall–Kier alpha value is -0.920. The monoisotopic (exact) mass is 124 g/mol. The highest BCUT2D eigenvalue weighted by atomic mass is 16.2. The first-order valence-electron chi connectivity index (χ1n) is 2.87. The molecule has 0 saturated carbocycles. The van der Waals surface area contributed by atoms with Gasteiger partial charge in [-0.25, -0.2) is 0 Å². The molecule has 0 N–H and O–H groups in total. The lowest BCUT2D eigenvalue weighted by Gasteiger charge is -1.84. The average molecular weight is 124 g/mol. The maximum atomic E-state index is 10.7. The fourth-order valence-corrected chi connectivity index (χ4v) is 0.857. The average Bonchev–Trinajstić information content (AvgIpc) is 1.98. The molecule has 0 heterocycles. The van der Waals surface area contributed by atoms with Crippen LogP contribution < -0.4 is 0 Å². The van der Waals surface area contributed by atoms with E-state index in [4.69, 9.17) is 0 Å².